The summed E-state index contributed by atoms with van der Waals surface area (Å²) in [5, 5.41) is 1.51. The third-order valence-corrected chi connectivity index (χ3v) is 11.0. The molecular weight excluding hydrogens is 240 g/mol. The smallest absolute Gasteiger partial charge is 0.0653 e. The molecule has 0 nitrogen and oxygen atoms in total. The van der Waals surface area contributed by atoms with E-state index in [1.807, 2.05) is 0 Å². The minimum absolute atomic E-state index is 0.474. The molecule has 1 aliphatic heterocycles. The van der Waals surface area contributed by atoms with Gasteiger partial charge in [-0.2, -0.15) is 0 Å². The van der Waals surface area contributed by atoms with Crippen LogP contribution in [0.15, 0.2) is 30.3 Å². The third kappa shape index (κ3) is 2.97. The second kappa shape index (κ2) is 4.81. The van der Waals surface area contributed by atoms with Gasteiger partial charge in [0.2, 0.25) is 0 Å². The molecule has 0 aliphatic carbocycles. The van der Waals surface area contributed by atoms with E-state index in [0.717, 1.165) is 0 Å². The summed E-state index contributed by atoms with van der Waals surface area (Å²) in [5.74, 6) is 1.47. The molecular formula is C15H25SSi+. The lowest BCUT2D eigenvalue weighted by Gasteiger charge is -2.27. The third-order valence-electron chi connectivity index (χ3n) is 3.67. The van der Waals surface area contributed by atoms with Crippen LogP contribution in [0.2, 0.25) is 19.6 Å². The van der Waals surface area contributed by atoms with Crippen LogP contribution in [0.25, 0.3) is 0 Å². The summed E-state index contributed by atoms with van der Waals surface area (Å²) in [6, 6.07) is 11.2. The SMILES string of the molecule is C[C@@]1(c2ccccc2)CCC[S+]1C[Si](C)(C)C. The average molecular weight is 266 g/mol. The zero-order valence-corrected chi connectivity index (χ0v) is 13.4. The molecule has 1 fully saturated rings. The Bertz CT molecular complexity index is 368. The zero-order valence-electron chi connectivity index (χ0n) is 11.6. The fraction of sp³-hybridized carbons (Fsp3) is 0.600. The van der Waals surface area contributed by atoms with Gasteiger partial charge in [-0.25, -0.2) is 0 Å². The topological polar surface area (TPSA) is 0 Å². The number of rotatable bonds is 3. The van der Waals surface area contributed by atoms with Crippen molar-refractivity contribution in [3.63, 3.8) is 0 Å². The molecule has 0 aromatic heterocycles. The molecule has 2 atom stereocenters. The molecule has 1 aliphatic rings. The Labute approximate surface area is 110 Å². The average Bonchev–Trinajstić information content (AvgIpc) is 2.61. The summed E-state index contributed by atoms with van der Waals surface area (Å²) in [4.78, 5) is 0. The molecule has 0 radical (unpaired) electrons. The molecule has 0 spiro atoms. The van der Waals surface area contributed by atoms with Crippen molar-refractivity contribution < 1.29 is 0 Å². The highest BCUT2D eigenvalue weighted by molar-refractivity contribution is 7.99. The van der Waals surface area contributed by atoms with Crippen LogP contribution >= 0.6 is 0 Å². The van der Waals surface area contributed by atoms with Crippen molar-refractivity contribution in [2.75, 3.05) is 11.1 Å². The van der Waals surface area contributed by atoms with E-state index in [1.165, 1.54) is 24.0 Å². The first-order chi connectivity index (χ1) is 7.92. The summed E-state index contributed by atoms with van der Waals surface area (Å²) in [6.45, 7) is 10.1. The lowest BCUT2D eigenvalue weighted by Crippen LogP contribution is -2.40. The molecule has 94 valence electrons. The van der Waals surface area contributed by atoms with E-state index in [-0.39, 0.29) is 0 Å². The van der Waals surface area contributed by atoms with Crippen molar-refractivity contribution >= 4 is 19.0 Å². The van der Waals surface area contributed by atoms with Crippen molar-refractivity contribution in [2.45, 2.75) is 44.2 Å². The number of hydrogen-bond acceptors (Lipinski definition) is 0. The van der Waals surface area contributed by atoms with E-state index < -0.39 is 8.07 Å². The highest BCUT2D eigenvalue weighted by Gasteiger charge is 2.50. The van der Waals surface area contributed by atoms with E-state index in [9.17, 15) is 0 Å². The maximum absolute atomic E-state index is 2.52. The van der Waals surface area contributed by atoms with Gasteiger partial charge in [-0.3, -0.25) is 0 Å². The fourth-order valence-electron chi connectivity index (χ4n) is 2.81. The van der Waals surface area contributed by atoms with Crippen molar-refractivity contribution in [2.24, 2.45) is 0 Å². The van der Waals surface area contributed by atoms with E-state index in [2.05, 4.69) is 56.9 Å². The summed E-state index contributed by atoms with van der Waals surface area (Å²) in [5.41, 5.74) is 1.58. The van der Waals surface area contributed by atoms with Gasteiger partial charge in [0.15, 0.2) is 0 Å². The second-order valence-electron chi connectivity index (χ2n) is 6.60. The Morgan fingerprint density at radius 1 is 1.18 bits per heavy atom. The fourth-order valence-corrected chi connectivity index (χ4v) is 10.7. The van der Waals surface area contributed by atoms with Crippen LogP contribution in [-0.2, 0) is 15.6 Å². The van der Waals surface area contributed by atoms with Gasteiger partial charge in [0, 0.05) is 12.0 Å². The first kappa shape index (κ1) is 13.2. The highest BCUT2D eigenvalue weighted by Crippen LogP contribution is 2.43. The maximum atomic E-state index is 2.52. The normalized spacial score (nSPS) is 29.5. The van der Waals surface area contributed by atoms with Crippen LogP contribution in [0.1, 0.15) is 25.3 Å². The molecule has 1 aromatic carbocycles. The maximum Gasteiger partial charge on any atom is 0.150 e. The minimum Gasteiger partial charge on any atom is -0.0653 e. The van der Waals surface area contributed by atoms with Crippen molar-refractivity contribution in [1.82, 2.24) is 0 Å². The van der Waals surface area contributed by atoms with Crippen LogP contribution in [-0.4, -0.2) is 19.2 Å². The summed E-state index contributed by atoms with van der Waals surface area (Å²) in [7, 11) is -0.321. The van der Waals surface area contributed by atoms with Gasteiger partial charge in [0.25, 0.3) is 0 Å². The van der Waals surface area contributed by atoms with E-state index in [4.69, 9.17) is 0 Å². The molecule has 2 rings (SSSR count). The molecule has 0 N–H and O–H groups in total. The second-order valence-corrected chi connectivity index (χ2v) is 15.2. The molecule has 1 unspecified atom stereocenters. The lowest BCUT2D eigenvalue weighted by molar-refractivity contribution is 0.642. The lowest BCUT2D eigenvalue weighted by atomic mass is 9.96. The standard InChI is InChI=1S/C15H25SSi/c1-15(14-9-6-5-7-10-14)11-8-12-16(15)13-17(2,3)4/h5-7,9-10H,8,11-13H2,1-4H3/q+1/t15-,16?/m0/s1. The van der Waals surface area contributed by atoms with Gasteiger partial charge in [0.1, 0.15) is 18.6 Å². The van der Waals surface area contributed by atoms with Crippen LogP contribution < -0.4 is 0 Å². The van der Waals surface area contributed by atoms with Gasteiger partial charge >= 0.3 is 0 Å². The Morgan fingerprint density at radius 2 is 1.82 bits per heavy atom. The van der Waals surface area contributed by atoms with E-state index in [1.54, 1.807) is 5.56 Å². The van der Waals surface area contributed by atoms with Crippen LogP contribution in [0, 0.1) is 0 Å². The Hall–Kier alpha value is -0.213. The van der Waals surface area contributed by atoms with Crippen molar-refractivity contribution in [1.29, 1.82) is 0 Å². The number of hydrogen-bond donors (Lipinski definition) is 0. The van der Waals surface area contributed by atoms with Crippen molar-refractivity contribution in [3.8, 4) is 0 Å². The van der Waals surface area contributed by atoms with Gasteiger partial charge in [-0.1, -0.05) is 50.0 Å². The van der Waals surface area contributed by atoms with Crippen LogP contribution in [0.3, 0.4) is 0 Å². The van der Waals surface area contributed by atoms with Crippen molar-refractivity contribution in [3.05, 3.63) is 35.9 Å². The predicted molar refractivity (Wildman–Crippen MR) is 83.5 cm³/mol. The number of benzene rings is 1. The quantitative estimate of drug-likeness (QED) is 0.568. The van der Waals surface area contributed by atoms with E-state index >= 15 is 0 Å². The van der Waals surface area contributed by atoms with E-state index in [0.29, 0.717) is 15.6 Å². The first-order valence-corrected chi connectivity index (χ1v) is 11.9. The minimum atomic E-state index is -0.932. The largest absolute Gasteiger partial charge is 0.150 e. The van der Waals surface area contributed by atoms with Crippen LogP contribution in [0.5, 0.6) is 0 Å². The van der Waals surface area contributed by atoms with Gasteiger partial charge in [-0.05, 0) is 24.2 Å². The van der Waals surface area contributed by atoms with Crippen LogP contribution in [0.4, 0.5) is 0 Å². The molecule has 0 amide bonds. The zero-order chi connectivity index (χ0) is 12.5. The molecule has 1 aromatic rings. The molecule has 0 bridgehead atoms. The molecule has 1 saturated heterocycles. The van der Waals surface area contributed by atoms with Gasteiger partial charge < -0.3 is 0 Å². The first-order valence-electron chi connectivity index (χ1n) is 6.65. The molecule has 2 heteroatoms. The Morgan fingerprint density at radius 3 is 2.41 bits per heavy atom. The van der Waals surface area contributed by atoms with Gasteiger partial charge in [-0.15, -0.1) is 0 Å². The Balaban J connectivity index is 2.24. The molecule has 1 heterocycles. The summed E-state index contributed by atoms with van der Waals surface area (Å²) in [6.07, 6.45) is 2.82. The molecule has 0 saturated carbocycles. The van der Waals surface area contributed by atoms with Gasteiger partial charge in [0.05, 0.1) is 5.38 Å². The Kier molecular flexibility index (Phi) is 3.74. The summed E-state index contributed by atoms with van der Waals surface area (Å²) >= 11 is 0. The summed E-state index contributed by atoms with van der Waals surface area (Å²) < 4.78 is 0.474. The highest BCUT2D eigenvalue weighted by atomic mass is 32.2. The molecule has 17 heavy (non-hydrogen) atoms. The monoisotopic (exact) mass is 265 g/mol. The predicted octanol–water partition coefficient (Wildman–Crippen LogP) is 4.19.